The summed E-state index contributed by atoms with van der Waals surface area (Å²) in [6.07, 6.45) is 17.8. The Balaban J connectivity index is 1.64. The molecule has 0 aliphatic carbocycles. The molecule has 2 aromatic rings. The second-order valence-electron chi connectivity index (χ2n) is 10.1. The van der Waals surface area contributed by atoms with Crippen LogP contribution in [0.25, 0.3) is 11.1 Å². The predicted octanol–water partition coefficient (Wildman–Crippen LogP) is 10.2. The molecule has 0 aromatic heterocycles. The van der Waals surface area contributed by atoms with Crippen molar-refractivity contribution in [3.8, 4) is 16.9 Å². The van der Waals surface area contributed by atoms with E-state index in [1.807, 2.05) is 19.1 Å². The highest BCUT2D eigenvalue weighted by Crippen LogP contribution is 2.26. The van der Waals surface area contributed by atoms with E-state index in [4.69, 9.17) is 9.47 Å². The molecule has 200 valence electrons. The Hall–Kier alpha value is -2.29. The van der Waals surface area contributed by atoms with E-state index in [0.29, 0.717) is 6.42 Å². The Morgan fingerprint density at radius 2 is 1.11 bits per heavy atom. The van der Waals surface area contributed by atoms with Gasteiger partial charge in [-0.2, -0.15) is 0 Å². The van der Waals surface area contributed by atoms with Crippen molar-refractivity contribution < 1.29 is 14.3 Å². The highest BCUT2D eigenvalue weighted by Gasteiger charge is 2.12. The summed E-state index contributed by atoms with van der Waals surface area (Å²) in [7, 11) is 0. The van der Waals surface area contributed by atoms with Crippen LogP contribution in [0.5, 0.6) is 5.75 Å². The Morgan fingerprint density at radius 1 is 0.639 bits per heavy atom. The lowest BCUT2D eigenvalue weighted by Crippen LogP contribution is -2.08. The second kappa shape index (κ2) is 18.9. The van der Waals surface area contributed by atoms with Gasteiger partial charge in [-0.15, -0.1) is 0 Å². The van der Waals surface area contributed by atoms with Gasteiger partial charge in [0.15, 0.2) is 0 Å². The molecule has 0 saturated carbocycles. The van der Waals surface area contributed by atoms with Gasteiger partial charge < -0.3 is 9.47 Å². The number of ether oxygens (including phenoxy) is 2. The van der Waals surface area contributed by atoms with Gasteiger partial charge in [-0.3, -0.25) is 4.79 Å². The maximum absolute atomic E-state index is 12.3. The van der Waals surface area contributed by atoms with Crippen LogP contribution in [0.4, 0.5) is 0 Å². The van der Waals surface area contributed by atoms with Crippen LogP contribution >= 0.6 is 0 Å². The van der Waals surface area contributed by atoms with E-state index in [1.54, 1.807) is 0 Å². The highest BCUT2D eigenvalue weighted by atomic mass is 16.5. The van der Waals surface area contributed by atoms with Gasteiger partial charge in [-0.25, -0.2) is 0 Å². The van der Waals surface area contributed by atoms with E-state index in [-0.39, 0.29) is 12.1 Å². The van der Waals surface area contributed by atoms with E-state index in [0.717, 1.165) is 48.3 Å². The summed E-state index contributed by atoms with van der Waals surface area (Å²) in [5, 5.41) is 0. The summed E-state index contributed by atoms with van der Waals surface area (Å²) in [5.41, 5.74) is 3.34. The largest absolute Gasteiger partial charge is 0.494 e. The van der Waals surface area contributed by atoms with Crippen molar-refractivity contribution in [1.29, 1.82) is 0 Å². The molecule has 36 heavy (non-hydrogen) atoms. The fourth-order valence-corrected chi connectivity index (χ4v) is 4.49. The van der Waals surface area contributed by atoms with Crippen molar-refractivity contribution in [1.82, 2.24) is 0 Å². The summed E-state index contributed by atoms with van der Waals surface area (Å²) >= 11 is 0. The molecular formula is C33H50O3. The number of unbranched alkanes of at least 4 members (excludes halogenated alkanes) is 12. The van der Waals surface area contributed by atoms with Gasteiger partial charge in [-0.05, 0) is 48.6 Å². The molecule has 0 bridgehead atoms. The number of hydrogen-bond donors (Lipinski definition) is 0. The molecule has 0 aliphatic rings. The Bertz CT molecular complexity index is 810. The van der Waals surface area contributed by atoms with E-state index in [2.05, 4.69) is 50.2 Å². The van der Waals surface area contributed by atoms with Crippen molar-refractivity contribution in [2.45, 2.75) is 123 Å². The molecule has 0 radical (unpaired) electrons. The fourth-order valence-electron chi connectivity index (χ4n) is 4.49. The van der Waals surface area contributed by atoms with Crippen molar-refractivity contribution in [3.05, 3.63) is 54.1 Å². The number of esters is 1. The molecule has 0 saturated heterocycles. The maximum atomic E-state index is 12.3. The number of benzene rings is 2. The molecule has 0 heterocycles. The predicted molar refractivity (Wildman–Crippen MR) is 152 cm³/mol. The Kier molecular flexibility index (Phi) is 15.7. The first kappa shape index (κ1) is 29.9. The molecule has 3 heteroatoms. The molecule has 0 amide bonds. The quantitative estimate of drug-likeness (QED) is 0.136. The second-order valence-corrected chi connectivity index (χ2v) is 10.1. The van der Waals surface area contributed by atoms with Crippen molar-refractivity contribution in [2.24, 2.45) is 0 Å². The van der Waals surface area contributed by atoms with E-state index < -0.39 is 0 Å². The van der Waals surface area contributed by atoms with Crippen LogP contribution in [-0.2, 0) is 9.53 Å². The minimum atomic E-state index is -0.224. The SMILES string of the molecule is CCCCCCCCCCCCC(=O)OC(C)c1ccc(-c2ccc(OCCCCCC)cc2)cc1. The molecule has 0 spiro atoms. The van der Waals surface area contributed by atoms with Gasteiger partial charge >= 0.3 is 5.97 Å². The highest BCUT2D eigenvalue weighted by molar-refractivity contribution is 5.69. The van der Waals surface area contributed by atoms with Gasteiger partial charge in [0.05, 0.1) is 6.61 Å². The van der Waals surface area contributed by atoms with Crippen LogP contribution in [0, 0.1) is 0 Å². The van der Waals surface area contributed by atoms with Crippen molar-refractivity contribution >= 4 is 5.97 Å². The first-order valence-corrected chi connectivity index (χ1v) is 14.7. The Morgan fingerprint density at radius 3 is 1.67 bits per heavy atom. The molecule has 0 aliphatic heterocycles. The summed E-state index contributed by atoms with van der Waals surface area (Å²) in [6.45, 7) is 7.22. The summed E-state index contributed by atoms with van der Waals surface area (Å²) in [6, 6.07) is 16.6. The minimum Gasteiger partial charge on any atom is -0.494 e. The van der Waals surface area contributed by atoms with Crippen molar-refractivity contribution in [2.75, 3.05) is 6.61 Å². The average Bonchev–Trinajstić information content (AvgIpc) is 2.90. The smallest absolute Gasteiger partial charge is 0.306 e. The van der Waals surface area contributed by atoms with Crippen LogP contribution in [0.1, 0.15) is 129 Å². The third-order valence-corrected chi connectivity index (χ3v) is 6.88. The molecular weight excluding hydrogens is 444 g/mol. The van der Waals surface area contributed by atoms with Crippen LogP contribution in [-0.4, -0.2) is 12.6 Å². The number of hydrogen-bond acceptors (Lipinski definition) is 3. The molecule has 3 nitrogen and oxygen atoms in total. The topological polar surface area (TPSA) is 35.5 Å². The lowest BCUT2D eigenvalue weighted by Gasteiger charge is -2.14. The first-order chi connectivity index (χ1) is 17.6. The van der Waals surface area contributed by atoms with Gasteiger partial charge in [0.2, 0.25) is 0 Å². The van der Waals surface area contributed by atoms with E-state index >= 15 is 0 Å². The van der Waals surface area contributed by atoms with Gasteiger partial charge in [0.25, 0.3) is 0 Å². The van der Waals surface area contributed by atoms with Crippen molar-refractivity contribution in [3.63, 3.8) is 0 Å². The van der Waals surface area contributed by atoms with Gasteiger partial charge in [0, 0.05) is 6.42 Å². The lowest BCUT2D eigenvalue weighted by molar-refractivity contribution is -0.148. The summed E-state index contributed by atoms with van der Waals surface area (Å²) in [5.74, 6) is 0.839. The van der Waals surface area contributed by atoms with Crippen LogP contribution in [0.15, 0.2) is 48.5 Å². The van der Waals surface area contributed by atoms with Crippen LogP contribution in [0.3, 0.4) is 0 Å². The first-order valence-electron chi connectivity index (χ1n) is 14.7. The number of carbonyl (C=O) groups excluding carboxylic acids is 1. The van der Waals surface area contributed by atoms with Gasteiger partial charge in [0.1, 0.15) is 11.9 Å². The zero-order chi connectivity index (χ0) is 25.8. The molecule has 2 aromatic carbocycles. The van der Waals surface area contributed by atoms with Gasteiger partial charge in [-0.1, -0.05) is 127 Å². The van der Waals surface area contributed by atoms with E-state index in [1.165, 1.54) is 70.6 Å². The average molecular weight is 495 g/mol. The summed E-state index contributed by atoms with van der Waals surface area (Å²) in [4.78, 5) is 12.3. The molecule has 0 fully saturated rings. The Labute approximate surface area is 221 Å². The monoisotopic (exact) mass is 494 g/mol. The molecule has 0 N–H and O–H groups in total. The third kappa shape index (κ3) is 12.6. The van der Waals surface area contributed by atoms with E-state index in [9.17, 15) is 4.79 Å². The lowest BCUT2D eigenvalue weighted by atomic mass is 10.0. The standard InChI is InChI=1S/C33H50O3/c1-4-6-8-10-11-12-13-14-15-16-18-33(34)36-28(3)29-19-21-30(22-20-29)31-23-25-32(26-24-31)35-27-17-9-7-5-2/h19-26,28H,4-18,27H2,1-3H3. The number of rotatable bonds is 20. The molecule has 1 atom stereocenters. The van der Waals surface area contributed by atoms with Crippen LogP contribution in [0.2, 0.25) is 0 Å². The normalized spacial score (nSPS) is 11.9. The molecule has 2 rings (SSSR count). The zero-order valence-electron chi connectivity index (χ0n) is 23.2. The minimum absolute atomic E-state index is 0.0866. The maximum Gasteiger partial charge on any atom is 0.306 e. The fraction of sp³-hybridized carbons (Fsp3) is 0.606. The summed E-state index contributed by atoms with van der Waals surface area (Å²) < 4.78 is 11.5. The molecule has 1 unspecified atom stereocenters. The van der Waals surface area contributed by atoms with Crippen LogP contribution < -0.4 is 4.74 Å². The zero-order valence-corrected chi connectivity index (χ0v) is 23.2. The number of carbonyl (C=O) groups is 1. The third-order valence-electron chi connectivity index (χ3n) is 6.88.